The number of nitrogens with one attached hydrogen (secondary N) is 1. The molecular formula is C15H17N3O2. The van der Waals surface area contributed by atoms with Crippen LogP contribution in [0.1, 0.15) is 15.9 Å². The first-order valence-corrected chi connectivity index (χ1v) is 6.20. The van der Waals surface area contributed by atoms with Gasteiger partial charge >= 0.3 is 0 Å². The molecule has 1 heterocycles. The Kier molecular flexibility index (Phi) is 3.89. The van der Waals surface area contributed by atoms with Crippen molar-refractivity contribution in [2.75, 3.05) is 24.3 Å². The number of hydrogen-bond acceptors (Lipinski definition) is 4. The zero-order valence-electron chi connectivity index (χ0n) is 11.7. The van der Waals surface area contributed by atoms with E-state index in [1.54, 1.807) is 0 Å². The fourth-order valence-electron chi connectivity index (χ4n) is 1.92. The third kappa shape index (κ3) is 3.06. The van der Waals surface area contributed by atoms with E-state index in [4.69, 9.17) is 0 Å². The van der Waals surface area contributed by atoms with Crippen LogP contribution in [0.25, 0.3) is 0 Å². The van der Waals surface area contributed by atoms with Crippen LogP contribution in [-0.2, 0) is 0 Å². The highest BCUT2D eigenvalue weighted by molar-refractivity contribution is 6.04. The van der Waals surface area contributed by atoms with Crippen LogP contribution in [0.2, 0.25) is 0 Å². The number of aromatic hydroxyl groups is 1. The van der Waals surface area contributed by atoms with Gasteiger partial charge in [-0.2, -0.15) is 0 Å². The molecule has 2 N–H and O–H groups in total. The number of carbonyl (C=O) groups is 1. The SMILES string of the molecule is Cc1ccc(NC(=O)c2cncc(O)c2)cc1N(C)C. The molecule has 2 aromatic rings. The summed E-state index contributed by atoms with van der Waals surface area (Å²) in [7, 11) is 3.90. The lowest BCUT2D eigenvalue weighted by Crippen LogP contribution is -2.14. The van der Waals surface area contributed by atoms with Gasteiger partial charge in [0.15, 0.2) is 0 Å². The van der Waals surface area contributed by atoms with Crippen molar-refractivity contribution in [3.8, 4) is 5.75 Å². The minimum Gasteiger partial charge on any atom is -0.506 e. The number of aromatic nitrogens is 1. The summed E-state index contributed by atoms with van der Waals surface area (Å²) in [6.07, 6.45) is 2.70. The molecule has 0 radical (unpaired) electrons. The lowest BCUT2D eigenvalue weighted by molar-refractivity contribution is 0.102. The Bertz CT molecular complexity index is 639. The van der Waals surface area contributed by atoms with E-state index in [1.165, 1.54) is 18.5 Å². The van der Waals surface area contributed by atoms with Gasteiger partial charge in [-0.1, -0.05) is 6.07 Å². The van der Waals surface area contributed by atoms with E-state index >= 15 is 0 Å². The van der Waals surface area contributed by atoms with Gasteiger partial charge in [0.25, 0.3) is 5.91 Å². The molecule has 1 aromatic carbocycles. The lowest BCUT2D eigenvalue weighted by Gasteiger charge is -2.17. The average molecular weight is 271 g/mol. The standard InChI is InChI=1S/C15H17N3O2/c1-10-4-5-12(7-14(10)18(2)3)17-15(20)11-6-13(19)9-16-8-11/h4-9,19H,1-3H3,(H,17,20). The van der Waals surface area contributed by atoms with Crippen LogP contribution in [0.3, 0.4) is 0 Å². The molecule has 0 saturated heterocycles. The Morgan fingerprint density at radius 2 is 2.00 bits per heavy atom. The molecule has 0 saturated carbocycles. The summed E-state index contributed by atoms with van der Waals surface area (Å²) < 4.78 is 0. The quantitative estimate of drug-likeness (QED) is 0.899. The highest BCUT2D eigenvalue weighted by atomic mass is 16.3. The third-order valence-electron chi connectivity index (χ3n) is 2.93. The van der Waals surface area contributed by atoms with Crippen LogP contribution in [0.4, 0.5) is 11.4 Å². The van der Waals surface area contributed by atoms with Crippen LogP contribution in [0.5, 0.6) is 5.75 Å². The molecule has 0 unspecified atom stereocenters. The van der Waals surface area contributed by atoms with E-state index < -0.39 is 0 Å². The second-order valence-electron chi connectivity index (χ2n) is 4.78. The summed E-state index contributed by atoms with van der Waals surface area (Å²) >= 11 is 0. The molecular weight excluding hydrogens is 254 g/mol. The van der Waals surface area contributed by atoms with Crippen LogP contribution < -0.4 is 10.2 Å². The Morgan fingerprint density at radius 3 is 2.65 bits per heavy atom. The number of nitrogens with zero attached hydrogens (tertiary/aromatic N) is 2. The molecule has 0 spiro atoms. The summed E-state index contributed by atoms with van der Waals surface area (Å²) in [5.41, 5.74) is 3.19. The van der Waals surface area contributed by atoms with Gasteiger partial charge < -0.3 is 15.3 Å². The van der Waals surface area contributed by atoms with Gasteiger partial charge in [-0.05, 0) is 30.7 Å². The number of rotatable bonds is 3. The van der Waals surface area contributed by atoms with Crippen molar-refractivity contribution in [3.05, 3.63) is 47.8 Å². The Balaban J connectivity index is 2.22. The fraction of sp³-hybridized carbons (Fsp3) is 0.200. The van der Waals surface area contributed by atoms with Crippen LogP contribution in [0.15, 0.2) is 36.7 Å². The molecule has 0 atom stereocenters. The first-order chi connectivity index (χ1) is 9.47. The monoisotopic (exact) mass is 271 g/mol. The van der Waals surface area contributed by atoms with Crippen LogP contribution >= 0.6 is 0 Å². The normalized spacial score (nSPS) is 10.2. The summed E-state index contributed by atoms with van der Waals surface area (Å²) in [6.45, 7) is 2.01. The Hall–Kier alpha value is -2.56. The number of benzene rings is 1. The number of hydrogen-bond donors (Lipinski definition) is 2. The molecule has 0 aliphatic rings. The first-order valence-electron chi connectivity index (χ1n) is 6.20. The minimum absolute atomic E-state index is 0.0319. The topological polar surface area (TPSA) is 65.5 Å². The maximum atomic E-state index is 12.1. The zero-order valence-corrected chi connectivity index (χ0v) is 11.7. The van der Waals surface area contributed by atoms with E-state index in [1.807, 2.05) is 44.1 Å². The Morgan fingerprint density at radius 1 is 1.25 bits per heavy atom. The molecule has 0 aliphatic carbocycles. The van der Waals surface area contributed by atoms with Gasteiger partial charge in [0.05, 0.1) is 11.8 Å². The molecule has 0 bridgehead atoms. The molecule has 0 aliphatic heterocycles. The molecule has 2 rings (SSSR count). The molecule has 104 valence electrons. The summed E-state index contributed by atoms with van der Waals surface area (Å²) in [6, 6.07) is 7.08. The van der Waals surface area contributed by atoms with Gasteiger partial charge in [0.2, 0.25) is 0 Å². The van der Waals surface area contributed by atoms with Crippen LogP contribution in [0, 0.1) is 6.92 Å². The number of carbonyl (C=O) groups excluding carboxylic acids is 1. The molecule has 0 fully saturated rings. The maximum Gasteiger partial charge on any atom is 0.257 e. The number of anilines is 2. The van der Waals surface area contributed by atoms with Crippen LogP contribution in [-0.4, -0.2) is 30.1 Å². The van der Waals surface area contributed by atoms with E-state index in [0.717, 1.165) is 11.3 Å². The highest BCUT2D eigenvalue weighted by Gasteiger charge is 2.09. The summed E-state index contributed by atoms with van der Waals surface area (Å²) in [4.78, 5) is 17.8. The van der Waals surface area contributed by atoms with Crippen molar-refractivity contribution in [3.63, 3.8) is 0 Å². The van der Waals surface area contributed by atoms with E-state index in [2.05, 4.69) is 10.3 Å². The number of amides is 1. The predicted molar refractivity (Wildman–Crippen MR) is 79.4 cm³/mol. The molecule has 5 nitrogen and oxygen atoms in total. The number of aryl methyl sites for hydroxylation is 1. The third-order valence-corrected chi connectivity index (χ3v) is 2.93. The smallest absolute Gasteiger partial charge is 0.257 e. The van der Waals surface area contributed by atoms with Gasteiger partial charge in [0, 0.05) is 31.7 Å². The van der Waals surface area contributed by atoms with E-state index in [0.29, 0.717) is 11.3 Å². The largest absolute Gasteiger partial charge is 0.506 e. The molecule has 5 heteroatoms. The van der Waals surface area contributed by atoms with Crippen molar-refractivity contribution < 1.29 is 9.90 Å². The van der Waals surface area contributed by atoms with E-state index in [9.17, 15) is 9.90 Å². The zero-order chi connectivity index (χ0) is 14.7. The van der Waals surface area contributed by atoms with Gasteiger partial charge in [-0.25, -0.2) is 0 Å². The van der Waals surface area contributed by atoms with Gasteiger partial charge in [0.1, 0.15) is 5.75 Å². The summed E-state index contributed by atoms with van der Waals surface area (Å²) in [5.74, 6) is -0.336. The average Bonchev–Trinajstić information content (AvgIpc) is 2.40. The van der Waals surface area contributed by atoms with Crippen molar-refractivity contribution in [2.45, 2.75) is 6.92 Å². The maximum absolute atomic E-state index is 12.1. The minimum atomic E-state index is -0.304. The Labute approximate surface area is 117 Å². The first kappa shape index (κ1) is 13.9. The molecule has 1 amide bonds. The lowest BCUT2D eigenvalue weighted by atomic mass is 10.1. The van der Waals surface area contributed by atoms with E-state index in [-0.39, 0.29) is 11.7 Å². The van der Waals surface area contributed by atoms with Crippen molar-refractivity contribution in [1.29, 1.82) is 0 Å². The molecule has 20 heavy (non-hydrogen) atoms. The fourth-order valence-corrected chi connectivity index (χ4v) is 1.92. The predicted octanol–water partition coefficient (Wildman–Crippen LogP) is 2.41. The second kappa shape index (κ2) is 5.61. The number of pyridine rings is 1. The van der Waals surface area contributed by atoms with Gasteiger partial charge in [-0.3, -0.25) is 9.78 Å². The molecule has 1 aromatic heterocycles. The second-order valence-corrected chi connectivity index (χ2v) is 4.78. The van der Waals surface area contributed by atoms with Crippen molar-refractivity contribution in [1.82, 2.24) is 4.98 Å². The summed E-state index contributed by atoms with van der Waals surface area (Å²) in [5, 5.41) is 12.1. The van der Waals surface area contributed by atoms with Crippen molar-refractivity contribution >= 4 is 17.3 Å². The van der Waals surface area contributed by atoms with Crippen molar-refractivity contribution in [2.24, 2.45) is 0 Å². The van der Waals surface area contributed by atoms with Gasteiger partial charge in [-0.15, -0.1) is 0 Å². The highest BCUT2D eigenvalue weighted by Crippen LogP contribution is 2.23.